The van der Waals surface area contributed by atoms with Crippen LogP contribution in [-0.4, -0.2) is 14.8 Å². The predicted molar refractivity (Wildman–Crippen MR) is 88.9 cm³/mol. The van der Waals surface area contributed by atoms with Crippen molar-refractivity contribution in [1.82, 2.24) is 4.98 Å². The summed E-state index contributed by atoms with van der Waals surface area (Å²) in [6, 6.07) is 11.4. The molecule has 116 valence electrons. The highest BCUT2D eigenvalue weighted by Gasteiger charge is 2.16. The molecule has 0 aliphatic carbocycles. The molecule has 1 aromatic heterocycles. The number of nitrogens with zero attached hydrogens (tertiary/aromatic N) is 3. The van der Waals surface area contributed by atoms with Crippen molar-refractivity contribution in [3.63, 3.8) is 0 Å². The minimum absolute atomic E-state index is 0.279. The second-order valence-electron chi connectivity index (χ2n) is 4.61. The molecule has 0 aliphatic rings. The number of thiazole rings is 1. The van der Waals surface area contributed by atoms with Crippen molar-refractivity contribution in [3.8, 4) is 0 Å². The normalized spacial score (nSPS) is 10.8. The van der Waals surface area contributed by atoms with Gasteiger partial charge in [-0.3, -0.25) is 20.2 Å². The molecule has 9 heteroatoms. The summed E-state index contributed by atoms with van der Waals surface area (Å²) >= 11 is 2.92. The maximum Gasteiger partial charge on any atom is 0.276 e. The summed E-state index contributed by atoms with van der Waals surface area (Å²) in [4.78, 5) is 25.0. The van der Waals surface area contributed by atoms with E-state index in [1.165, 1.54) is 35.2 Å². The highest BCUT2D eigenvalue weighted by molar-refractivity contribution is 8.00. The Bertz CT molecular complexity index is 845. The Morgan fingerprint density at radius 2 is 1.70 bits per heavy atom. The monoisotopic (exact) mass is 347 g/mol. The summed E-state index contributed by atoms with van der Waals surface area (Å²) in [5.41, 5.74) is 0.860. The van der Waals surface area contributed by atoms with Gasteiger partial charge in [0.25, 0.3) is 11.4 Å². The molecule has 0 unspecified atom stereocenters. The van der Waals surface area contributed by atoms with Crippen molar-refractivity contribution in [2.24, 2.45) is 0 Å². The molecule has 3 aromatic rings. The van der Waals surface area contributed by atoms with Gasteiger partial charge in [0.05, 0.1) is 26.1 Å². The van der Waals surface area contributed by atoms with Crippen LogP contribution in [0.2, 0.25) is 0 Å². The topological polar surface area (TPSA) is 99.2 Å². The molecule has 0 bridgehead atoms. The van der Waals surface area contributed by atoms with Crippen LogP contribution in [0.3, 0.4) is 0 Å². The van der Waals surface area contributed by atoms with Crippen molar-refractivity contribution in [2.75, 3.05) is 0 Å². The zero-order chi connectivity index (χ0) is 16.4. The number of nitro groups is 2. The minimum atomic E-state index is -0.626. The van der Waals surface area contributed by atoms with Crippen LogP contribution in [-0.2, 0) is 5.75 Å². The third-order valence-corrected chi connectivity index (χ3v) is 5.27. The van der Waals surface area contributed by atoms with Gasteiger partial charge in [-0.2, -0.15) is 0 Å². The zero-order valence-electron chi connectivity index (χ0n) is 11.5. The Morgan fingerprint density at radius 1 is 1.04 bits per heavy atom. The van der Waals surface area contributed by atoms with Crippen molar-refractivity contribution >= 4 is 44.7 Å². The summed E-state index contributed by atoms with van der Waals surface area (Å²) in [5, 5.41) is 21.8. The maximum atomic E-state index is 10.9. The number of para-hydroxylation sites is 1. The van der Waals surface area contributed by atoms with Crippen LogP contribution in [0.15, 0.2) is 46.8 Å². The van der Waals surface area contributed by atoms with Crippen molar-refractivity contribution in [1.29, 1.82) is 0 Å². The standard InChI is InChI=1S/C14H9N3O4S2/c18-16(19)10-5-9(6-11(7-10)17(20)21)8-22-14-15-12-3-1-2-4-13(12)23-14/h1-7H,8H2. The number of rotatable bonds is 5. The van der Waals surface area contributed by atoms with Gasteiger partial charge in [0.2, 0.25) is 0 Å². The van der Waals surface area contributed by atoms with E-state index in [1.54, 1.807) is 0 Å². The molecule has 0 aliphatic heterocycles. The van der Waals surface area contributed by atoms with Gasteiger partial charge in [0, 0.05) is 17.9 Å². The third kappa shape index (κ3) is 3.46. The van der Waals surface area contributed by atoms with Crippen LogP contribution in [0.1, 0.15) is 5.56 Å². The number of aromatic nitrogens is 1. The summed E-state index contributed by atoms with van der Waals surface area (Å²) in [5.74, 6) is 0.377. The highest BCUT2D eigenvalue weighted by atomic mass is 32.2. The van der Waals surface area contributed by atoms with Gasteiger partial charge in [-0.05, 0) is 17.7 Å². The Kier molecular flexibility index (Phi) is 4.22. The smallest absolute Gasteiger partial charge is 0.258 e. The molecule has 1 heterocycles. The van der Waals surface area contributed by atoms with Gasteiger partial charge < -0.3 is 0 Å². The molecule has 0 saturated heterocycles. The van der Waals surface area contributed by atoms with Crippen LogP contribution in [0.25, 0.3) is 10.2 Å². The molecule has 0 saturated carbocycles. The van der Waals surface area contributed by atoms with Crippen LogP contribution in [0, 0.1) is 20.2 Å². The van der Waals surface area contributed by atoms with E-state index in [9.17, 15) is 20.2 Å². The first-order valence-electron chi connectivity index (χ1n) is 6.44. The van der Waals surface area contributed by atoms with E-state index in [0.29, 0.717) is 11.3 Å². The van der Waals surface area contributed by atoms with E-state index in [2.05, 4.69) is 4.98 Å². The molecule has 2 aromatic carbocycles. The van der Waals surface area contributed by atoms with Gasteiger partial charge >= 0.3 is 0 Å². The van der Waals surface area contributed by atoms with Crippen LogP contribution in [0.4, 0.5) is 11.4 Å². The van der Waals surface area contributed by atoms with E-state index >= 15 is 0 Å². The SMILES string of the molecule is O=[N+]([O-])c1cc(CSc2nc3ccccc3s2)cc([N+](=O)[O-])c1. The third-order valence-electron chi connectivity index (χ3n) is 3.02. The fourth-order valence-electron chi connectivity index (χ4n) is 2.01. The molecule has 0 amide bonds. The van der Waals surface area contributed by atoms with Crippen LogP contribution >= 0.6 is 23.1 Å². The minimum Gasteiger partial charge on any atom is -0.258 e. The predicted octanol–water partition coefficient (Wildman–Crippen LogP) is 4.41. The lowest BCUT2D eigenvalue weighted by Gasteiger charge is -2.00. The van der Waals surface area contributed by atoms with E-state index in [-0.39, 0.29) is 11.4 Å². The molecule has 3 rings (SSSR count). The Balaban J connectivity index is 1.84. The van der Waals surface area contributed by atoms with Gasteiger partial charge in [-0.15, -0.1) is 11.3 Å². The van der Waals surface area contributed by atoms with Gasteiger partial charge in [0.15, 0.2) is 4.34 Å². The first-order valence-corrected chi connectivity index (χ1v) is 8.24. The first kappa shape index (κ1) is 15.4. The molecule has 23 heavy (non-hydrogen) atoms. The van der Waals surface area contributed by atoms with Crippen LogP contribution in [0.5, 0.6) is 0 Å². The fourth-order valence-corrected chi connectivity index (χ4v) is 4.01. The van der Waals surface area contributed by atoms with E-state index in [1.807, 2.05) is 24.3 Å². The molecule has 0 atom stereocenters. The van der Waals surface area contributed by atoms with E-state index in [4.69, 9.17) is 0 Å². The average Bonchev–Trinajstić information content (AvgIpc) is 2.95. The number of benzene rings is 2. The lowest BCUT2D eigenvalue weighted by atomic mass is 10.2. The van der Waals surface area contributed by atoms with Gasteiger partial charge in [-0.25, -0.2) is 4.98 Å². The molecule has 7 nitrogen and oxygen atoms in total. The summed E-state index contributed by atoms with van der Waals surface area (Å²) in [7, 11) is 0. The molecule has 0 fully saturated rings. The molecule has 0 spiro atoms. The Labute approximate surface area is 138 Å². The molecular formula is C14H9N3O4S2. The number of nitro benzene ring substituents is 2. The Morgan fingerprint density at radius 3 is 2.30 bits per heavy atom. The summed E-state index contributed by atoms with van der Waals surface area (Å²) in [6.45, 7) is 0. The van der Waals surface area contributed by atoms with E-state index < -0.39 is 9.85 Å². The number of hydrogen-bond acceptors (Lipinski definition) is 7. The fraction of sp³-hybridized carbons (Fsp3) is 0.0714. The lowest BCUT2D eigenvalue weighted by Crippen LogP contribution is -1.95. The second kappa shape index (κ2) is 6.31. The zero-order valence-corrected chi connectivity index (χ0v) is 13.2. The lowest BCUT2D eigenvalue weighted by molar-refractivity contribution is -0.394. The number of thioether (sulfide) groups is 1. The number of fused-ring (bicyclic) bond motifs is 1. The van der Waals surface area contributed by atoms with Gasteiger partial charge in [-0.1, -0.05) is 23.9 Å². The highest BCUT2D eigenvalue weighted by Crippen LogP contribution is 2.33. The van der Waals surface area contributed by atoms with Crippen molar-refractivity contribution < 1.29 is 9.85 Å². The first-order chi connectivity index (χ1) is 11.0. The average molecular weight is 347 g/mol. The largest absolute Gasteiger partial charge is 0.276 e. The van der Waals surface area contributed by atoms with Crippen LogP contribution < -0.4 is 0 Å². The molecule has 0 N–H and O–H groups in total. The van der Waals surface area contributed by atoms with Crippen molar-refractivity contribution in [2.45, 2.75) is 10.1 Å². The summed E-state index contributed by atoms with van der Waals surface area (Å²) in [6.07, 6.45) is 0. The number of hydrogen-bond donors (Lipinski definition) is 0. The number of non-ortho nitro benzene ring substituents is 2. The second-order valence-corrected chi connectivity index (χ2v) is 6.86. The van der Waals surface area contributed by atoms with Crippen molar-refractivity contribution in [3.05, 3.63) is 68.3 Å². The summed E-state index contributed by atoms with van der Waals surface area (Å²) < 4.78 is 1.88. The van der Waals surface area contributed by atoms with E-state index in [0.717, 1.165) is 20.6 Å². The molecular weight excluding hydrogens is 338 g/mol. The maximum absolute atomic E-state index is 10.9. The Hall–Kier alpha value is -2.52. The van der Waals surface area contributed by atoms with Gasteiger partial charge in [0.1, 0.15) is 0 Å². The quantitative estimate of drug-likeness (QED) is 0.385. The molecule has 0 radical (unpaired) electrons.